The number of rotatable bonds is 7. The van der Waals surface area contributed by atoms with Crippen molar-refractivity contribution >= 4 is 26.5 Å². The zero-order valence-corrected chi connectivity index (χ0v) is 21.2. The van der Waals surface area contributed by atoms with Crippen LogP contribution >= 0.6 is 15.8 Å². The van der Waals surface area contributed by atoms with E-state index in [0.717, 1.165) is 11.3 Å². The van der Waals surface area contributed by atoms with E-state index < -0.39 is 7.92 Å². The van der Waals surface area contributed by atoms with Crippen molar-refractivity contribution in [3.63, 3.8) is 0 Å². The summed E-state index contributed by atoms with van der Waals surface area (Å²) in [5.41, 5.74) is 4.39. The summed E-state index contributed by atoms with van der Waals surface area (Å²) < 4.78 is 0. The van der Waals surface area contributed by atoms with E-state index in [-0.39, 0.29) is 7.92 Å². The van der Waals surface area contributed by atoms with Crippen LogP contribution in [0.3, 0.4) is 0 Å². The standard InChI is InChI=1S/C30H38P2/c1-5-15-26(16-6-1)31(27-17-7-2-8-18-27)24-25-14-13-23-30(25)32(28-19-9-3-10-20-28)29-21-11-4-12-22-29/h3-4,9-14,19-23,26-27,30H,1-2,5-8,15-18,24H2. The van der Waals surface area contributed by atoms with Crippen molar-refractivity contribution < 1.29 is 0 Å². The lowest BCUT2D eigenvalue weighted by molar-refractivity contribution is 0.484. The molecule has 32 heavy (non-hydrogen) atoms. The average molecular weight is 461 g/mol. The maximum Gasteiger partial charge on any atom is 0.0270 e. The zero-order valence-electron chi connectivity index (χ0n) is 19.4. The van der Waals surface area contributed by atoms with Gasteiger partial charge < -0.3 is 0 Å². The Balaban J connectivity index is 1.42. The van der Waals surface area contributed by atoms with Crippen molar-refractivity contribution in [1.29, 1.82) is 0 Å². The maximum atomic E-state index is 2.54. The molecule has 0 nitrogen and oxygen atoms in total. The highest BCUT2D eigenvalue weighted by Crippen LogP contribution is 2.58. The van der Waals surface area contributed by atoms with Gasteiger partial charge in [-0.2, -0.15) is 0 Å². The molecule has 3 aliphatic rings. The van der Waals surface area contributed by atoms with Crippen molar-refractivity contribution in [3.05, 3.63) is 84.5 Å². The number of hydrogen-bond acceptors (Lipinski definition) is 0. The van der Waals surface area contributed by atoms with Gasteiger partial charge in [0.1, 0.15) is 0 Å². The molecule has 0 saturated heterocycles. The van der Waals surface area contributed by atoms with Gasteiger partial charge in [0.15, 0.2) is 0 Å². The summed E-state index contributed by atoms with van der Waals surface area (Å²) in [7, 11) is -0.297. The summed E-state index contributed by atoms with van der Waals surface area (Å²) in [6.07, 6.45) is 23.8. The molecule has 2 fully saturated rings. The van der Waals surface area contributed by atoms with E-state index in [4.69, 9.17) is 0 Å². The molecule has 0 N–H and O–H groups in total. The normalized spacial score (nSPS) is 22.6. The minimum Gasteiger partial charge on any atom is -0.0961 e. The fourth-order valence-electron chi connectivity index (χ4n) is 6.14. The molecular formula is C30H38P2. The van der Waals surface area contributed by atoms with Gasteiger partial charge in [-0.25, -0.2) is 0 Å². The lowest BCUT2D eigenvalue weighted by Gasteiger charge is -2.40. The third-order valence-corrected chi connectivity index (χ3v) is 14.2. The predicted molar refractivity (Wildman–Crippen MR) is 146 cm³/mol. The third kappa shape index (κ3) is 5.29. The quantitative estimate of drug-likeness (QED) is 0.366. The first kappa shape index (κ1) is 22.6. The lowest BCUT2D eigenvalue weighted by Crippen LogP contribution is -2.26. The van der Waals surface area contributed by atoms with Crippen LogP contribution < -0.4 is 10.6 Å². The van der Waals surface area contributed by atoms with Gasteiger partial charge >= 0.3 is 0 Å². The van der Waals surface area contributed by atoms with E-state index in [1.165, 1.54) is 81.0 Å². The fraction of sp³-hybridized carbons (Fsp3) is 0.467. The first-order chi connectivity index (χ1) is 15.9. The van der Waals surface area contributed by atoms with E-state index in [0.29, 0.717) is 5.66 Å². The zero-order chi connectivity index (χ0) is 21.6. The van der Waals surface area contributed by atoms with Gasteiger partial charge in [-0.15, -0.1) is 0 Å². The van der Waals surface area contributed by atoms with Crippen molar-refractivity contribution in [2.75, 3.05) is 6.16 Å². The second-order valence-electron chi connectivity index (χ2n) is 9.87. The summed E-state index contributed by atoms with van der Waals surface area (Å²) >= 11 is 0. The monoisotopic (exact) mass is 460 g/mol. The number of allylic oxidation sites excluding steroid dienone is 4. The van der Waals surface area contributed by atoms with Gasteiger partial charge in [0.05, 0.1) is 0 Å². The molecule has 0 heterocycles. The Hall–Kier alpha value is -1.22. The molecule has 2 aromatic rings. The van der Waals surface area contributed by atoms with Crippen LogP contribution in [0.5, 0.6) is 0 Å². The van der Waals surface area contributed by atoms with Crippen LogP contribution in [0.2, 0.25) is 0 Å². The summed E-state index contributed by atoms with van der Waals surface area (Å²) in [5, 5.41) is 3.05. The minimum absolute atomic E-state index is 0.105. The van der Waals surface area contributed by atoms with Gasteiger partial charge in [0.2, 0.25) is 0 Å². The van der Waals surface area contributed by atoms with Gasteiger partial charge in [-0.1, -0.05) is 131 Å². The molecule has 2 aromatic carbocycles. The van der Waals surface area contributed by atoms with Crippen LogP contribution in [0, 0.1) is 0 Å². The lowest BCUT2D eigenvalue weighted by atomic mass is 9.99. The average Bonchev–Trinajstić information content (AvgIpc) is 3.33. The van der Waals surface area contributed by atoms with Crippen molar-refractivity contribution in [2.45, 2.75) is 81.2 Å². The third-order valence-electron chi connectivity index (χ3n) is 7.78. The first-order valence-corrected chi connectivity index (χ1v) is 16.0. The Bertz CT molecular complexity index is 831. The Labute approximate surface area is 198 Å². The van der Waals surface area contributed by atoms with Crippen LogP contribution in [0.4, 0.5) is 0 Å². The maximum absolute atomic E-state index is 2.54. The summed E-state index contributed by atoms with van der Waals surface area (Å²) in [6.45, 7) is 0. The van der Waals surface area contributed by atoms with E-state index >= 15 is 0 Å². The number of hydrogen-bond donors (Lipinski definition) is 0. The SMILES string of the molecule is C1=CC(P(c2ccccc2)c2ccccc2)C(CP(C2CCCCC2)C2CCCCC2)=C1. The molecule has 2 heteroatoms. The Kier molecular flexibility index (Phi) is 7.95. The molecule has 0 aliphatic heterocycles. The molecule has 0 radical (unpaired) electrons. The van der Waals surface area contributed by atoms with E-state index in [1.54, 1.807) is 5.57 Å². The van der Waals surface area contributed by atoms with Crippen molar-refractivity contribution in [1.82, 2.24) is 0 Å². The van der Waals surface area contributed by atoms with E-state index in [2.05, 4.69) is 78.9 Å². The molecule has 168 valence electrons. The highest BCUT2D eigenvalue weighted by molar-refractivity contribution is 7.74. The molecule has 0 amide bonds. The molecular weight excluding hydrogens is 422 g/mol. The molecule has 0 spiro atoms. The first-order valence-electron chi connectivity index (χ1n) is 12.9. The molecule has 1 unspecified atom stereocenters. The Morgan fingerprint density at radius 3 is 1.62 bits per heavy atom. The van der Waals surface area contributed by atoms with Gasteiger partial charge in [0.25, 0.3) is 0 Å². The van der Waals surface area contributed by atoms with Crippen LogP contribution in [-0.4, -0.2) is 23.1 Å². The van der Waals surface area contributed by atoms with Gasteiger partial charge in [0, 0.05) is 5.66 Å². The number of benzene rings is 2. The Morgan fingerprint density at radius 2 is 1.12 bits per heavy atom. The molecule has 3 aliphatic carbocycles. The highest BCUT2D eigenvalue weighted by atomic mass is 31.1. The van der Waals surface area contributed by atoms with Gasteiger partial charge in [-0.05, 0) is 61.7 Å². The molecule has 2 saturated carbocycles. The highest BCUT2D eigenvalue weighted by Gasteiger charge is 2.35. The largest absolute Gasteiger partial charge is 0.0961 e. The molecule has 1 atom stereocenters. The van der Waals surface area contributed by atoms with E-state index in [9.17, 15) is 0 Å². The van der Waals surface area contributed by atoms with Crippen molar-refractivity contribution in [3.8, 4) is 0 Å². The van der Waals surface area contributed by atoms with Crippen LogP contribution in [0.1, 0.15) is 64.2 Å². The Morgan fingerprint density at radius 1 is 0.625 bits per heavy atom. The molecule has 0 bridgehead atoms. The van der Waals surface area contributed by atoms with E-state index in [1.807, 2.05) is 0 Å². The van der Waals surface area contributed by atoms with Gasteiger partial charge in [-0.3, -0.25) is 0 Å². The summed E-state index contributed by atoms with van der Waals surface area (Å²) in [6, 6.07) is 22.7. The topological polar surface area (TPSA) is 0 Å². The second kappa shape index (κ2) is 11.3. The predicted octanol–water partition coefficient (Wildman–Crippen LogP) is 8.13. The summed E-state index contributed by atoms with van der Waals surface area (Å²) in [4.78, 5) is 0. The molecule has 0 aromatic heterocycles. The van der Waals surface area contributed by atoms with Crippen LogP contribution in [-0.2, 0) is 0 Å². The second-order valence-corrected chi connectivity index (χ2v) is 15.0. The molecule has 5 rings (SSSR count). The minimum atomic E-state index is -0.402. The van der Waals surface area contributed by atoms with Crippen molar-refractivity contribution in [2.24, 2.45) is 0 Å². The smallest absolute Gasteiger partial charge is 0.0270 e. The van der Waals surface area contributed by atoms with Crippen LogP contribution in [0.25, 0.3) is 0 Å². The summed E-state index contributed by atoms with van der Waals surface area (Å²) in [5.74, 6) is 0. The fourth-order valence-corrected chi connectivity index (χ4v) is 12.9. The van der Waals surface area contributed by atoms with Crippen LogP contribution in [0.15, 0.2) is 84.5 Å².